The summed E-state index contributed by atoms with van der Waals surface area (Å²) in [6, 6.07) is 14.9. The minimum Gasteiger partial charge on any atom is -0.506 e. The van der Waals surface area contributed by atoms with Gasteiger partial charge in [0.1, 0.15) is 17.2 Å². The van der Waals surface area contributed by atoms with Crippen LogP contribution in [0.4, 0.5) is 17.1 Å². The molecule has 146 valence electrons. The first-order chi connectivity index (χ1) is 13.8. The lowest BCUT2D eigenvalue weighted by molar-refractivity contribution is -0.394. The van der Waals surface area contributed by atoms with E-state index >= 15 is 0 Å². The molecule has 0 aliphatic carbocycles. The maximum Gasteiger partial charge on any atom is 0.318 e. The van der Waals surface area contributed by atoms with Gasteiger partial charge in [-0.1, -0.05) is 18.2 Å². The second-order valence-corrected chi connectivity index (χ2v) is 6.09. The molecule has 0 aliphatic heterocycles. The minimum absolute atomic E-state index is 0.0511. The number of aliphatic imine (C=N–C) groups is 1. The van der Waals surface area contributed by atoms with Gasteiger partial charge in [-0.05, 0) is 48.4 Å². The van der Waals surface area contributed by atoms with Crippen LogP contribution in [0.25, 0.3) is 0 Å². The predicted molar refractivity (Wildman–Crippen MR) is 106 cm³/mol. The summed E-state index contributed by atoms with van der Waals surface area (Å²) in [5.74, 6) is 0.222. The number of phenolic OH excluding ortho intramolecular Hbond substituents is 1. The maximum absolute atomic E-state index is 11.2. The standard InChI is InChI=1S/C20H15N3O6/c1-13-5-7-17(19(24)9-13)21-12-14-3-2-4-16(10-14)29-20-8-6-15(22(25)26)11-18(20)23(27)28/h2-12,24H,1H3. The minimum atomic E-state index is -0.742. The summed E-state index contributed by atoms with van der Waals surface area (Å²) in [5.41, 5.74) is 1.02. The van der Waals surface area contributed by atoms with E-state index in [-0.39, 0.29) is 11.5 Å². The van der Waals surface area contributed by atoms with E-state index in [0.29, 0.717) is 17.0 Å². The van der Waals surface area contributed by atoms with Crippen LogP contribution in [0.1, 0.15) is 11.1 Å². The highest BCUT2D eigenvalue weighted by Crippen LogP contribution is 2.34. The zero-order chi connectivity index (χ0) is 21.0. The molecule has 0 aromatic heterocycles. The van der Waals surface area contributed by atoms with Crippen LogP contribution in [0.5, 0.6) is 17.2 Å². The van der Waals surface area contributed by atoms with Gasteiger partial charge in [-0.15, -0.1) is 0 Å². The second kappa shape index (κ2) is 8.17. The molecular weight excluding hydrogens is 378 g/mol. The summed E-state index contributed by atoms with van der Waals surface area (Å²) in [7, 11) is 0. The van der Waals surface area contributed by atoms with Crippen molar-refractivity contribution in [1.82, 2.24) is 0 Å². The summed E-state index contributed by atoms with van der Waals surface area (Å²) in [6.07, 6.45) is 1.52. The molecule has 3 aromatic carbocycles. The average Bonchev–Trinajstić information content (AvgIpc) is 2.67. The van der Waals surface area contributed by atoms with Gasteiger partial charge >= 0.3 is 5.69 Å². The molecule has 9 heteroatoms. The van der Waals surface area contributed by atoms with E-state index in [0.717, 1.165) is 17.7 Å². The third kappa shape index (κ3) is 4.72. The Bertz CT molecular complexity index is 1130. The summed E-state index contributed by atoms with van der Waals surface area (Å²) in [5, 5.41) is 32.0. The SMILES string of the molecule is Cc1ccc(N=Cc2cccc(Oc3ccc([N+](=O)[O-])cc3[N+](=O)[O-])c2)c(O)c1. The number of phenols is 1. The molecule has 3 aromatic rings. The molecule has 0 radical (unpaired) electrons. The smallest absolute Gasteiger partial charge is 0.318 e. The van der Waals surface area contributed by atoms with Crippen LogP contribution in [0, 0.1) is 27.2 Å². The number of nitro benzene ring substituents is 2. The normalized spacial score (nSPS) is 10.8. The monoisotopic (exact) mass is 393 g/mol. The van der Waals surface area contributed by atoms with Gasteiger partial charge in [0.15, 0.2) is 0 Å². The molecule has 0 amide bonds. The van der Waals surface area contributed by atoms with E-state index in [4.69, 9.17) is 4.74 Å². The van der Waals surface area contributed by atoms with E-state index in [1.165, 1.54) is 12.3 Å². The maximum atomic E-state index is 11.2. The molecule has 0 unspecified atom stereocenters. The zero-order valence-corrected chi connectivity index (χ0v) is 15.2. The van der Waals surface area contributed by atoms with E-state index in [1.54, 1.807) is 36.4 Å². The number of hydrogen-bond donors (Lipinski definition) is 1. The quantitative estimate of drug-likeness (QED) is 0.354. The zero-order valence-electron chi connectivity index (χ0n) is 15.2. The Morgan fingerprint density at radius 1 is 1.00 bits per heavy atom. The summed E-state index contributed by atoms with van der Waals surface area (Å²) in [6.45, 7) is 1.85. The number of ether oxygens (including phenoxy) is 1. The number of aromatic hydroxyl groups is 1. The lowest BCUT2D eigenvalue weighted by Gasteiger charge is -2.07. The summed E-state index contributed by atoms with van der Waals surface area (Å²) < 4.78 is 5.56. The van der Waals surface area contributed by atoms with Crippen LogP contribution >= 0.6 is 0 Å². The third-order valence-electron chi connectivity index (χ3n) is 3.92. The van der Waals surface area contributed by atoms with E-state index < -0.39 is 21.2 Å². The number of benzene rings is 3. The fourth-order valence-electron chi connectivity index (χ4n) is 2.52. The Morgan fingerprint density at radius 3 is 2.48 bits per heavy atom. The molecule has 0 saturated carbocycles. The number of nitro groups is 2. The van der Waals surface area contributed by atoms with Gasteiger partial charge in [-0.25, -0.2) is 0 Å². The van der Waals surface area contributed by atoms with Crippen molar-refractivity contribution in [2.45, 2.75) is 6.92 Å². The highest BCUT2D eigenvalue weighted by Gasteiger charge is 2.21. The van der Waals surface area contributed by atoms with E-state index in [9.17, 15) is 25.3 Å². The van der Waals surface area contributed by atoms with Crippen molar-refractivity contribution in [3.05, 3.63) is 92.0 Å². The highest BCUT2D eigenvalue weighted by molar-refractivity contribution is 5.83. The van der Waals surface area contributed by atoms with Crippen LogP contribution < -0.4 is 4.74 Å². The van der Waals surface area contributed by atoms with Crippen molar-refractivity contribution in [2.75, 3.05) is 0 Å². The first-order valence-electron chi connectivity index (χ1n) is 8.38. The number of non-ortho nitro benzene ring substituents is 1. The number of aryl methyl sites for hydroxylation is 1. The lowest BCUT2D eigenvalue weighted by Crippen LogP contribution is -1.96. The summed E-state index contributed by atoms with van der Waals surface area (Å²) in [4.78, 5) is 24.8. The first kappa shape index (κ1) is 19.5. The third-order valence-corrected chi connectivity index (χ3v) is 3.92. The number of nitrogens with zero attached hydrogens (tertiary/aromatic N) is 3. The van der Waals surface area contributed by atoms with Crippen molar-refractivity contribution in [3.8, 4) is 17.2 Å². The highest BCUT2D eigenvalue weighted by atomic mass is 16.6. The molecular formula is C20H15N3O6. The predicted octanol–water partition coefficient (Wildman–Crippen LogP) is 5.06. The van der Waals surface area contributed by atoms with Crippen LogP contribution in [0.2, 0.25) is 0 Å². The number of rotatable bonds is 6. The molecule has 3 rings (SSSR count). The Labute approximate surface area is 164 Å². The Kier molecular flexibility index (Phi) is 5.49. The van der Waals surface area contributed by atoms with Gasteiger partial charge in [-0.2, -0.15) is 0 Å². The Hall–Kier alpha value is -4.27. The molecule has 0 aliphatic rings. The first-order valence-corrected chi connectivity index (χ1v) is 8.38. The molecule has 9 nitrogen and oxygen atoms in total. The van der Waals surface area contributed by atoms with Crippen LogP contribution in [-0.4, -0.2) is 21.2 Å². The molecule has 1 N–H and O–H groups in total. The molecule has 0 bridgehead atoms. The van der Waals surface area contributed by atoms with Gasteiger partial charge in [0, 0.05) is 12.3 Å². The van der Waals surface area contributed by atoms with Crippen molar-refractivity contribution in [1.29, 1.82) is 0 Å². The van der Waals surface area contributed by atoms with Gasteiger partial charge < -0.3 is 9.84 Å². The molecule has 29 heavy (non-hydrogen) atoms. The van der Waals surface area contributed by atoms with Crippen molar-refractivity contribution in [3.63, 3.8) is 0 Å². The van der Waals surface area contributed by atoms with Crippen LogP contribution in [0.3, 0.4) is 0 Å². The van der Waals surface area contributed by atoms with E-state index in [2.05, 4.69) is 4.99 Å². The fraction of sp³-hybridized carbons (Fsp3) is 0.0500. The lowest BCUT2D eigenvalue weighted by atomic mass is 10.2. The number of hydrogen-bond acceptors (Lipinski definition) is 7. The molecule has 0 fully saturated rings. The van der Waals surface area contributed by atoms with Crippen LogP contribution in [-0.2, 0) is 0 Å². The van der Waals surface area contributed by atoms with Crippen molar-refractivity contribution < 1.29 is 19.7 Å². The van der Waals surface area contributed by atoms with E-state index in [1.807, 2.05) is 13.0 Å². The van der Waals surface area contributed by atoms with Crippen molar-refractivity contribution >= 4 is 23.3 Å². The molecule has 0 atom stereocenters. The fourth-order valence-corrected chi connectivity index (χ4v) is 2.52. The topological polar surface area (TPSA) is 128 Å². The average molecular weight is 393 g/mol. The molecule has 0 saturated heterocycles. The second-order valence-electron chi connectivity index (χ2n) is 6.09. The molecule has 0 spiro atoms. The van der Waals surface area contributed by atoms with Gasteiger partial charge in [0.05, 0.1) is 15.9 Å². The van der Waals surface area contributed by atoms with Crippen LogP contribution in [0.15, 0.2) is 65.7 Å². The van der Waals surface area contributed by atoms with Gasteiger partial charge in [0.2, 0.25) is 5.75 Å². The van der Waals surface area contributed by atoms with Crippen molar-refractivity contribution in [2.24, 2.45) is 4.99 Å². The van der Waals surface area contributed by atoms with Gasteiger partial charge in [0.25, 0.3) is 5.69 Å². The largest absolute Gasteiger partial charge is 0.506 e. The Morgan fingerprint density at radius 2 is 1.79 bits per heavy atom. The summed E-state index contributed by atoms with van der Waals surface area (Å²) >= 11 is 0. The Balaban J connectivity index is 1.86. The molecule has 0 heterocycles. The van der Waals surface area contributed by atoms with Gasteiger partial charge in [-0.3, -0.25) is 25.2 Å².